The molecular weight excluding hydrogens is 232 g/mol. The summed E-state index contributed by atoms with van der Waals surface area (Å²) in [7, 11) is 0. The maximum absolute atomic E-state index is 11.5. The van der Waals surface area contributed by atoms with Crippen molar-refractivity contribution in [1.82, 2.24) is 14.8 Å². The van der Waals surface area contributed by atoms with Crippen molar-refractivity contribution in [2.24, 2.45) is 0 Å². The molecule has 6 heteroatoms. The summed E-state index contributed by atoms with van der Waals surface area (Å²) in [4.78, 5) is 17.2. The lowest BCUT2D eigenvalue weighted by molar-refractivity contribution is 0.181. The standard InChI is InChI=1S/C12H12N4O2/c1-9-11(15-5-6-18-12(15)17)8-16(14-9)10-3-2-4-13-7-10/h2-4,7-8H,5-6H2,1H3. The molecule has 6 nitrogen and oxygen atoms in total. The Labute approximate surface area is 104 Å². The van der Waals surface area contributed by atoms with E-state index in [2.05, 4.69) is 10.1 Å². The lowest BCUT2D eigenvalue weighted by Crippen LogP contribution is -2.23. The molecule has 1 aliphatic heterocycles. The van der Waals surface area contributed by atoms with Crippen LogP contribution in [0.1, 0.15) is 5.69 Å². The first-order valence-corrected chi connectivity index (χ1v) is 5.66. The Morgan fingerprint density at radius 2 is 2.33 bits per heavy atom. The second kappa shape index (κ2) is 4.14. The summed E-state index contributed by atoms with van der Waals surface area (Å²) >= 11 is 0. The second-order valence-corrected chi connectivity index (χ2v) is 4.02. The molecule has 1 fully saturated rings. The average Bonchev–Trinajstić information content (AvgIpc) is 2.96. The van der Waals surface area contributed by atoms with Crippen molar-refractivity contribution >= 4 is 11.8 Å². The monoisotopic (exact) mass is 244 g/mol. The molecule has 0 saturated carbocycles. The summed E-state index contributed by atoms with van der Waals surface area (Å²) in [5.74, 6) is 0. The first kappa shape index (κ1) is 10.8. The minimum atomic E-state index is -0.316. The third kappa shape index (κ3) is 1.71. The van der Waals surface area contributed by atoms with Gasteiger partial charge in [-0.25, -0.2) is 9.48 Å². The van der Waals surface area contributed by atoms with Crippen LogP contribution in [0.3, 0.4) is 0 Å². The van der Waals surface area contributed by atoms with Crippen molar-refractivity contribution in [3.05, 3.63) is 36.4 Å². The van der Waals surface area contributed by atoms with E-state index in [4.69, 9.17) is 4.74 Å². The lowest BCUT2D eigenvalue weighted by Gasteiger charge is -2.09. The van der Waals surface area contributed by atoms with Crippen molar-refractivity contribution in [2.75, 3.05) is 18.1 Å². The van der Waals surface area contributed by atoms with Gasteiger partial charge in [-0.1, -0.05) is 0 Å². The Balaban J connectivity index is 1.99. The molecule has 2 aromatic heterocycles. The van der Waals surface area contributed by atoms with Gasteiger partial charge in [0.25, 0.3) is 0 Å². The number of aryl methyl sites for hydroxylation is 1. The quantitative estimate of drug-likeness (QED) is 0.803. The number of cyclic esters (lactones) is 1. The van der Waals surface area contributed by atoms with Crippen LogP contribution in [0.4, 0.5) is 10.5 Å². The smallest absolute Gasteiger partial charge is 0.414 e. The van der Waals surface area contributed by atoms with Crippen molar-refractivity contribution < 1.29 is 9.53 Å². The molecule has 0 unspecified atom stereocenters. The Bertz CT molecular complexity index is 579. The number of rotatable bonds is 2. The van der Waals surface area contributed by atoms with Gasteiger partial charge in [-0.15, -0.1) is 0 Å². The van der Waals surface area contributed by atoms with E-state index in [1.54, 1.807) is 22.0 Å². The van der Waals surface area contributed by atoms with Gasteiger partial charge < -0.3 is 4.74 Å². The van der Waals surface area contributed by atoms with Crippen LogP contribution < -0.4 is 4.90 Å². The fraction of sp³-hybridized carbons (Fsp3) is 0.250. The van der Waals surface area contributed by atoms with E-state index in [0.29, 0.717) is 13.2 Å². The van der Waals surface area contributed by atoms with Crippen LogP contribution in [0.5, 0.6) is 0 Å². The zero-order valence-corrected chi connectivity index (χ0v) is 9.91. The third-order valence-electron chi connectivity index (χ3n) is 2.84. The summed E-state index contributed by atoms with van der Waals surface area (Å²) in [6.07, 6.45) is 4.93. The molecule has 1 amide bonds. The van der Waals surface area contributed by atoms with Crippen LogP contribution in [-0.2, 0) is 4.74 Å². The SMILES string of the molecule is Cc1nn(-c2cccnc2)cc1N1CCOC1=O. The van der Waals surface area contributed by atoms with E-state index in [1.165, 1.54) is 0 Å². The molecule has 0 radical (unpaired) electrons. The molecule has 3 rings (SSSR count). The summed E-state index contributed by atoms with van der Waals surface area (Å²) in [6, 6.07) is 3.75. The highest BCUT2D eigenvalue weighted by Crippen LogP contribution is 2.23. The minimum absolute atomic E-state index is 0.316. The highest BCUT2D eigenvalue weighted by molar-refractivity contribution is 5.89. The van der Waals surface area contributed by atoms with E-state index in [0.717, 1.165) is 17.1 Å². The van der Waals surface area contributed by atoms with E-state index in [-0.39, 0.29) is 6.09 Å². The number of carbonyl (C=O) groups excluding carboxylic acids is 1. The lowest BCUT2D eigenvalue weighted by atomic mass is 10.3. The summed E-state index contributed by atoms with van der Waals surface area (Å²) in [5.41, 5.74) is 2.43. The molecular formula is C12H12N4O2. The van der Waals surface area contributed by atoms with Gasteiger partial charge in [-0.05, 0) is 19.1 Å². The van der Waals surface area contributed by atoms with Gasteiger partial charge >= 0.3 is 6.09 Å². The normalized spacial score (nSPS) is 14.9. The van der Waals surface area contributed by atoms with E-state index in [1.807, 2.05) is 25.3 Å². The zero-order chi connectivity index (χ0) is 12.5. The Kier molecular flexibility index (Phi) is 2.47. The number of carbonyl (C=O) groups is 1. The Hall–Kier alpha value is -2.37. The predicted molar refractivity (Wildman–Crippen MR) is 64.8 cm³/mol. The zero-order valence-electron chi connectivity index (χ0n) is 9.91. The Morgan fingerprint density at radius 1 is 1.44 bits per heavy atom. The van der Waals surface area contributed by atoms with Gasteiger partial charge in [0.1, 0.15) is 6.61 Å². The van der Waals surface area contributed by atoms with Crippen LogP contribution in [0.2, 0.25) is 0 Å². The molecule has 0 aliphatic carbocycles. The van der Waals surface area contributed by atoms with Gasteiger partial charge in [0, 0.05) is 6.20 Å². The van der Waals surface area contributed by atoms with Gasteiger partial charge in [-0.2, -0.15) is 5.10 Å². The number of hydrogen-bond donors (Lipinski definition) is 0. The van der Waals surface area contributed by atoms with Crippen LogP contribution in [-0.4, -0.2) is 34.0 Å². The number of amides is 1. The third-order valence-corrected chi connectivity index (χ3v) is 2.84. The molecule has 0 atom stereocenters. The summed E-state index contributed by atoms with van der Waals surface area (Å²) in [5, 5.41) is 4.39. The van der Waals surface area contributed by atoms with Gasteiger partial charge in [0.2, 0.25) is 0 Å². The molecule has 92 valence electrons. The van der Waals surface area contributed by atoms with Gasteiger partial charge in [0.15, 0.2) is 0 Å². The van der Waals surface area contributed by atoms with Crippen LogP contribution in [0, 0.1) is 6.92 Å². The minimum Gasteiger partial charge on any atom is -0.447 e. The molecule has 2 aromatic rings. The number of anilines is 1. The second-order valence-electron chi connectivity index (χ2n) is 4.02. The van der Waals surface area contributed by atoms with Crippen LogP contribution in [0.15, 0.2) is 30.7 Å². The number of pyridine rings is 1. The number of ether oxygens (including phenoxy) is 1. The molecule has 18 heavy (non-hydrogen) atoms. The average molecular weight is 244 g/mol. The number of nitrogens with zero attached hydrogens (tertiary/aromatic N) is 4. The van der Waals surface area contributed by atoms with Crippen LogP contribution >= 0.6 is 0 Å². The van der Waals surface area contributed by atoms with Crippen molar-refractivity contribution in [1.29, 1.82) is 0 Å². The van der Waals surface area contributed by atoms with E-state index in [9.17, 15) is 4.79 Å². The van der Waals surface area contributed by atoms with E-state index < -0.39 is 0 Å². The van der Waals surface area contributed by atoms with Crippen molar-refractivity contribution in [3.8, 4) is 5.69 Å². The topological polar surface area (TPSA) is 60.3 Å². The molecule has 0 bridgehead atoms. The molecule has 0 spiro atoms. The summed E-state index contributed by atoms with van der Waals surface area (Å²) < 4.78 is 6.64. The first-order valence-electron chi connectivity index (χ1n) is 5.66. The number of hydrogen-bond acceptors (Lipinski definition) is 4. The highest BCUT2D eigenvalue weighted by atomic mass is 16.6. The van der Waals surface area contributed by atoms with Crippen molar-refractivity contribution in [2.45, 2.75) is 6.92 Å². The first-order chi connectivity index (χ1) is 8.75. The molecule has 1 aliphatic rings. The molecule has 3 heterocycles. The van der Waals surface area contributed by atoms with Crippen LogP contribution in [0.25, 0.3) is 5.69 Å². The van der Waals surface area contributed by atoms with E-state index >= 15 is 0 Å². The Morgan fingerprint density at radius 3 is 3.00 bits per heavy atom. The molecule has 1 saturated heterocycles. The predicted octanol–water partition coefficient (Wildman–Crippen LogP) is 1.53. The number of aromatic nitrogens is 3. The largest absolute Gasteiger partial charge is 0.447 e. The maximum atomic E-state index is 11.5. The summed E-state index contributed by atoms with van der Waals surface area (Å²) in [6.45, 7) is 2.86. The van der Waals surface area contributed by atoms with Crippen molar-refractivity contribution in [3.63, 3.8) is 0 Å². The molecule has 0 aromatic carbocycles. The highest BCUT2D eigenvalue weighted by Gasteiger charge is 2.26. The fourth-order valence-electron chi connectivity index (χ4n) is 1.95. The van der Waals surface area contributed by atoms with Gasteiger partial charge in [-0.3, -0.25) is 9.88 Å². The molecule has 0 N–H and O–H groups in total. The van der Waals surface area contributed by atoms with Gasteiger partial charge in [0.05, 0.1) is 36.0 Å². The fourth-order valence-corrected chi connectivity index (χ4v) is 1.95. The maximum Gasteiger partial charge on any atom is 0.414 e.